The summed E-state index contributed by atoms with van der Waals surface area (Å²) in [6.45, 7) is 2.48. The predicted octanol–water partition coefficient (Wildman–Crippen LogP) is 1.43. The van der Waals surface area contributed by atoms with Gasteiger partial charge in [0.25, 0.3) is 0 Å². The summed E-state index contributed by atoms with van der Waals surface area (Å²) in [5.41, 5.74) is 0. The van der Waals surface area contributed by atoms with Crippen molar-refractivity contribution >= 4 is 0 Å². The highest BCUT2D eigenvalue weighted by Crippen LogP contribution is 2.24. The van der Waals surface area contributed by atoms with Crippen LogP contribution in [0.25, 0.3) is 0 Å². The third kappa shape index (κ3) is 4.40. The van der Waals surface area contributed by atoms with E-state index in [0.717, 1.165) is 19.1 Å². The van der Waals surface area contributed by atoms with E-state index < -0.39 is 0 Å². The molecular formula is C11H23NO2. The van der Waals surface area contributed by atoms with Gasteiger partial charge < -0.3 is 14.8 Å². The highest BCUT2D eigenvalue weighted by molar-refractivity contribution is 4.68. The molecule has 0 aliphatic heterocycles. The fourth-order valence-corrected chi connectivity index (χ4v) is 2.03. The minimum absolute atomic E-state index is 0.214. The Labute approximate surface area is 87.2 Å². The third-order valence-electron chi connectivity index (χ3n) is 2.83. The molecule has 14 heavy (non-hydrogen) atoms. The first kappa shape index (κ1) is 12.0. The number of likely N-dealkylation sites (N-methyl/N-ethyl adjacent to an activating group) is 1. The zero-order valence-electron chi connectivity index (χ0n) is 9.42. The summed E-state index contributed by atoms with van der Waals surface area (Å²) in [5.74, 6) is 0.797. The number of nitrogens with one attached hydrogen (secondary N) is 1. The Balaban J connectivity index is 2.10. The third-order valence-corrected chi connectivity index (χ3v) is 2.83. The molecule has 0 heterocycles. The van der Waals surface area contributed by atoms with E-state index in [-0.39, 0.29) is 6.10 Å². The quantitative estimate of drug-likeness (QED) is 0.676. The van der Waals surface area contributed by atoms with Crippen molar-refractivity contribution in [2.75, 3.05) is 33.9 Å². The van der Waals surface area contributed by atoms with E-state index in [0.29, 0.717) is 6.61 Å². The van der Waals surface area contributed by atoms with Gasteiger partial charge in [0, 0.05) is 20.3 Å². The Kier molecular flexibility index (Phi) is 6.15. The van der Waals surface area contributed by atoms with Crippen LogP contribution >= 0.6 is 0 Å². The molecule has 0 aromatic rings. The van der Waals surface area contributed by atoms with Gasteiger partial charge in [0.05, 0.1) is 12.7 Å². The van der Waals surface area contributed by atoms with Crippen LogP contribution in [0.2, 0.25) is 0 Å². The molecule has 1 rings (SSSR count). The predicted molar refractivity (Wildman–Crippen MR) is 57.5 cm³/mol. The molecule has 3 nitrogen and oxygen atoms in total. The summed E-state index contributed by atoms with van der Waals surface area (Å²) in [5, 5.41) is 3.12. The van der Waals surface area contributed by atoms with Crippen LogP contribution in [-0.2, 0) is 9.47 Å². The fourth-order valence-electron chi connectivity index (χ4n) is 2.03. The first-order valence-corrected chi connectivity index (χ1v) is 5.62. The maximum atomic E-state index is 5.82. The average molecular weight is 201 g/mol. The summed E-state index contributed by atoms with van der Waals surface area (Å²) in [6.07, 6.45) is 5.67. The smallest absolute Gasteiger partial charge is 0.0932 e. The second-order valence-corrected chi connectivity index (χ2v) is 4.12. The second-order valence-electron chi connectivity index (χ2n) is 4.12. The SMILES string of the molecule is CNCC(COC)OCC1CCCC1. The first-order chi connectivity index (χ1) is 6.86. The van der Waals surface area contributed by atoms with E-state index in [1.54, 1.807) is 7.11 Å². The van der Waals surface area contributed by atoms with Gasteiger partial charge in [-0.15, -0.1) is 0 Å². The van der Waals surface area contributed by atoms with Gasteiger partial charge in [-0.25, -0.2) is 0 Å². The molecule has 0 bridgehead atoms. The van der Waals surface area contributed by atoms with Gasteiger partial charge in [-0.1, -0.05) is 12.8 Å². The maximum absolute atomic E-state index is 5.82. The van der Waals surface area contributed by atoms with Crippen LogP contribution in [0.15, 0.2) is 0 Å². The standard InChI is InChI=1S/C11H23NO2/c1-12-7-11(9-13-2)14-8-10-5-3-4-6-10/h10-12H,3-9H2,1-2H3. The van der Waals surface area contributed by atoms with Gasteiger partial charge >= 0.3 is 0 Å². The summed E-state index contributed by atoms with van der Waals surface area (Å²) in [6, 6.07) is 0. The Morgan fingerprint density at radius 2 is 2.07 bits per heavy atom. The van der Waals surface area contributed by atoms with E-state index in [9.17, 15) is 0 Å². The molecule has 84 valence electrons. The van der Waals surface area contributed by atoms with Gasteiger partial charge in [-0.05, 0) is 25.8 Å². The first-order valence-electron chi connectivity index (χ1n) is 5.62. The maximum Gasteiger partial charge on any atom is 0.0932 e. The molecular weight excluding hydrogens is 178 g/mol. The lowest BCUT2D eigenvalue weighted by Gasteiger charge is -2.19. The molecule has 1 aliphatic carbocycles. The average Bonchev–Trinajstić information content (AvgIpc) is 2.67. The molecule has 0 aromatic carbocycles. The van der Waals surface area contributed by atoms with Crippen LogP contribution in [-0.4, -0.2) is 40.0 Å². The minimum atomic E-state index is 0.214. The molecule has 0 radical (unpaired) electrons. The van der Waals surface area contributed by atoms with Crippen LogP contribution in [0.3, 0.4) is 0 Å². The molecule has 1 aliphatic rings. The summed E-state index contributed by atoms with van der Waals surface area (Å²) >= 11 is 0. The normalized spacial score (nSPS) is 20.1. The van der Waals surface area contributed by atoms with Crippen molar-refractivity contribution < 1.29 is 9.47 Å². The Morgan fingerprint density at radius 3 is 2.64 bits per heavy atom. The van der Waals surface area contributed by atoms with Crippen LogP contribution in [0.1, 0.15) is 25.7 Å². The number of hydrogen-bond acceptors (Lipinski definition) is 3. The highest BCUT2D eigenvalue weighted by Gasteiger charge is 2.17. The van der Waals surface area contributed by atoms with Crippen molar-refractivity contribution in [2.45, 2.75) is 31.8 Å². The fraction of sp³-hybridized carbons (Fsp3) is 1.00. The van der Waals surface area contributed by atoms with Gasteiger partial charge in [-0.3, -0.25) is 0 Å². The van der Waals surface area contributed by atoms with Crippen LogP contribution in [0.5, 0.6) is 0 Å². The van der Waals surface area contributed by atoms with Crippen molar-refractivity contribution in [2.24, 2.45) is 5.92 Å². The molecule has 1 unspecified atom stereocenters. The van der Waals surface area contributed by atoms with E-state index in [4.69, 9.17) is 9.47 Å². The van der Waals surface area contributed by atoms with Crippen molar-refractivity contribution in [3.8, 4) is 0 Å². The number of ether oxygens (including phenoxy) is 2. The van der Waals surface area contributed by atoms with Gasteiger partial charge in [0.2, 0.25) is 0 Å². The topological polar surface area (TPSA) is 30.5 Å². The molecule has 1 fully saturated rings. The lowest BCUT2D eigenvalue weighted by atomic mass is 10.1. The van der Waals surface area contributed by atoms with Crippen molar-refractivity contribution in [3.63, 3.8) is 0 Å². The van der Waals surface area contributed by atoms with E-state index in [2.05, 4.69) is 5.32 Å². The molecule has 1 N–H and O–H groups in total. The number of methoxy groups -OCH3 is 1. The molecule has 0 saturated heterocycles. The Hall–Kier alpha value is -0.120. The Morgan fingerprint density at radius 1 is 1.36 bits per heavy atom. The number of hydrogen-bond donors (Lipinski definition) is 1. The zero-order chi connectivity index (χ0) is 10.2. The molecule has 1 saturated carbocycles. The molecule has 0 aromatic heterocycles. The van der Waals surface area contributed by atoms with E-state index in [1.807, 2.05) is 7.05 Å². The molecule has 1 atom stereocenters. The van der Waals surface area contributed by atoms with Crippen LogP contribution < -0.4 is 5.32 Å². The van der Waals surface area contributed by atoms with Gasteiger partial charge in [-0.2, -0.15) is 0 Å². The lowest BCUT2D eigenvalue weighted by Crippen LogP contribution is -2.32. The lowest BCUT2D eigenvalue weighted by molar-refractivity contribution is -0.0143. The summed E-state index contributed by atoms with van der Waals surface area (Å²) in [7, 11) is 3.67. The highest BCUT2D eigenvalue weighted by atomic mass is 16.5. The van der Waals surface area contributed by atoms with Crippen molar-refractivity contribution in [1.82, 2.24) is 5.32 Å². The zero-order valence-corrected chi connectivity index (χ0v) is 9.42. The molecule has 3 heteroatoms. The minimum Gasteiger partial charge on any atom is -0.382 e. The summed E-state index contributed by atoms with van der Waals surface area (Å²) < 4.78 is 10.9. The second kappa shape index (κ2) is 7.21. The molecule has 0 amide bonds. The monoisotopic (exact) mass is 201 g/mol. The molecule has 0 spiro atoms. The van der Waals surface area contributed by atoms with Crippen LogP contribution in [0.4, 0.5) is 0 Å². The van der Waals surface area contributed by atoms with Crippen molar-refractivity contribution in [1.29, 1.82) is 0 Å². The van der Waals surface area contributed by atoms with E-state index >= 15 is 0 Å². The summed E-state index contributed by atoms with van der Waals surface area (Å²) in [4.78, 5) is 0. The largest absolute Gasteiger partial charge is 0.382 e. The van der Waals surface area contributed by atoms with Crippen molar-refractivity contribution in [3.05, 3.63) is 0 Å². The number of rotatable bonds is 7. The van der Waals surface area contributed by atoms with Gasteiger partial charge in [0.1, 0.15) is 0 Å². The van der Waals surface area contributed by atoms with Crippen LogP contribution in [0, 0.1) is 5.92 Å². The van der Waals surface area contributed by atoms with E-state index in [1.165, 1.54) is 25.7 Å². The Bertz CT molecular complexity index is 129. The van der Waals surface area contributed by atoms with Gasteiger partial charge in [0.15, 0.2) is 0 Å².